The third kappa shape index (κ3) is 3.20. The highest BCUT2D eigenvalue weighted by molar-refractivity contribution is 5.48. The lowest BCUT2D eigenvalue weighted by atomic mass is 10.0. The van der Waals surface area contributed by atoms with Crippen molar-refractivity contribution < 1.29 is 0 Å². The summed E-state index contributed by atoms with van der Waals surface area (Å²) < 4.78 is 0. The lowest BCUT2D eigenvalue weighted by Gasteiger charge is -2.36. The van der Waals surface area contributed by atoms with Crippen molar-refractivity contribution in [3.63, 3.8) is 0 Å². The van der Waals surface area contributed by atoms with Crippen LogP contribution in [0.4, 0.5) is 5.69 Å². The molecule has 1 atom stereocenters. The van der Waals surface area contributed by atoms with Crippen molar-refractivity contribution in [2.75, 3.05) is 18.0 Å². The van der Waals surface area contributed by atoms with E-state index in [4.69, 9.17) is 0 Å². The van der Waals surface area contributed by atoms with Crippen LogP contribution >= 0.6 is 0 Å². The van der Waals surface area contributed by atoms with Crippen LogP contribution in [-0.4, -0.2) is 19.1 Å². The van der Waals surface area contributed by atoms with E-state index < -0.39 is 0 Å². The number of rotatable bonds is 4. The number of benzene rings is 2. The average molecular weight is 266 g/mol. The predicted octanol–water partition coefficient (Wildman–Crippen LogP) is 3.45. The second-order valence-corrected chi connectivity index (χ2v) is 5.45. The van der Waals surface area contributed by atoms with Gasteiger partial charge in [-0.05, 0) is 37.1 Å². The maximum absolute atomic E-state index is 3.53. The summed E-state index contributed by atoms with van der Waals surface area (Å²) in [4.78, 5) is 2.54. The van der Waals surface area contributed by atoms with Crippen molar-refractivity contribution in [1.29, 1.82) is 0 Å². The van der Waals surface area contributed by atoms with E-state index in [0.29, 0.717) is 6.04 Å². The standard InChI is InChI=1S/C18H22N2/c1-3-8-16(9-4-1)15-20(17-10-5-2-6-11-17)18-12-7-13-19-14-18/h1-6,8-11,18-19H,7,12-15H2. The van der Waals surface area contributed by atoms with Crippen LogP contribution in [0.3, 0.4) is 0 Å². The zero-order chi connectivity index (χ0) is 13.6. The molecule has 2 heteroatoms. The lowest BCUT2D eigenvalue weighted by molar-refractivity contribution is 0.430. The molecule has 0 amide bonds. The van der Waals surface area contributed by atoms with Gasteiger partial charge < -0.3 is 10.2 Å². The third-order valence-electron chi connectivity index (χ3n) is 4.00. The van der Waals surface area contributed by atoms with E-state index in [1.807, 2.05) is 0 Å². The molecule has 1 N–H and O–H groups in total. The maximum Gasteiger partial charge on any atom is 0.0433 e. The number of nitrogens with zero attached hydrogens (tertiary/aromatic N) is 1. The van der Waals surface area contributed by atoms with Crippen molar-refractivity contribution in [3.8, 4) is 0 Å². The highest BCUT2D eigenvalue weighted by atomic mass is 15.2. The Labute approximate surface area is 121 Å². The third-order valence-corrected chi connectivity index (χ3v) is 4.00. The van der Waals surface area contributed by atoms with Gasteiger partial charge in [0, 0.05) is 24.8 Å². The Kier molecular flexibility index (Phi) is 4.34. The summed E-state index contributed by atoms with van der Waals surface area (Å²) in [7, 11) is 0. The molecule has 0 aliphatic carbocycles. The molecule has 2 aromatic carbocycles. The van der Waals surface area contributed by atoms with Crippen molar-refractivity contribution in [2.24, 2.45) is 0 Å². The van der Waals surface area contributed by atoms with Gasteiger partial charge in [-0.25, -0.2) is 0 Å². The van der Waals surface area contributed by atoms with Crippen LogP contribution in [-0.2, 0) is 6.54 Å². The zero-order valence-corrected chi connectivity index (χ0v) is 11.8. The number of anilines is 1. The Hall–Kier alpha value is -1.80. The first-order chi connectivity index (χ1) is 9.93. The molecule has 1 saturated heterocycles. The molecule has 3 rings (SSSR count). The SMILES string of the molecule is c1ccc(CN(c2ccccc2)C2CCCNC2)cc1. The summed E-state index contributed by atoms with van der Waals surface area (Å²) in [5.41, 5.74) is 2.70. The fourth-order valence-electron chi connectivity index (χ4n) is 2.93. The average Bonchev–Trinajstić information content (AvgIpc) is 2.55. The van der Waals surface area contributed by atoms with E-state index in [9.17, 15) is 0 Å². The second-order valence-electron chi connectivity index (χ2n) is 5.45. The highest BCUT2D eigenvalue weighted by Gasteiger charge is 2.21. The van der Waals surface area contributed by atoms with Crippen molar-refractivity contribution in [3.05, 3.63) is 66.2 Å². The van der Waals surface area contributed by atoms with Gasteiger partial charge in [-0.3, -0.25) is 0 Å². The van der Waals surface area contributed by atoms with Gasteiger partial charge in [0.25, 0.3) is 0 Å². The second kappa shape index (κ2) is 6.58. The maximum atomic E-state index is 3.53. The number of hydrogen-bond acceptors (Lipinski definition) is 2. The van der Waals surface area contributed by atoms with Crippen LogP contribution in [0.2, 0.25) is 0 Å². The molecule has 1 aliphatic rings. The smallest absolute Gasteiger partial charge is 0.0433 e. The minimum absolute atomic E-state index is 0.589. The Morgan fingerprint density at radius 3 is 2.30 bits per heavy atom. The fraction of sp³-hybridized carbons (Fsp3) is 0.333. The lowest BCUT2D eigenvalue weighted by Crippen LogP contribution is -2.45. The van der Waals surface area contributed by atoms with E-state index in [0.717, 1.165) is 19.6 Å². The number of piperidine rings is 1. The molecule has 1 aliphatic heterocycles. The van der Waals surface area contributed by atoms with E-state index in [-0.39, 0.29) is 0 Å². The largest absolute Gasteiger partial charge is 0.363 e. The van der Waals surface area contributed by atoms with Gasteiger partial charge in [0.05, 0.1) is 0 Å². The Bertz CT molecular complexity index is 503. The van der Waals surface area contributed by atoms with Crippen LogP contribution in [0.15, 0.2) is 60.7 Å². The minimum Gasteiger partial charge on any atom is -0.363 e. The summed E-state index contributed by atoms with van der Waals surface area (Å²) >= 11 is 0. The van der Waals surface area contributed by atoms with Crippen LogP contribution in [0, 0.1) is 0 Å². The van der Waals surface area contributed by atoms with Gasteiger partial charge in [0.2, 0.25) is 0 Å². The predicted molar refractivity (Wildman–Crippen MR) is 85.0 cm³/mol. The quantitative estimate of drug-likeness (QED) is 0.912. The molecule has 0 spiro atoms. The highest BCUT2D eigenvalue weighted by Crippen LogP contribution is 2.23. The van der Waals surface area contributed by atoms with E-state index >= 15 is 0 Å². The van der Waals surface area contributed by atoms with Crippen LogP contribution < -0.4 is 10.2 Å². The van der Waals surface area contributed by atoms with Crippen molar-refractivity contribution in [2.45, 2.75) is 25.4 Å². The molecule has 104 valence electrons. The topological polar surface area (TPSA) is 15.3 Å². The normalized spacial score (nSPS) is 18.7. The molecule has 1 unspecified atom stereocenters. The minimum atomic E-state index is 0.589. The number of hydrogen-bond donors (Lipinski definition) is 1. The Balaban J connectivity index is 1.83. The first-order valence-electron chi connectivity index (χ1n) is 7.50. The van der Waals surface area contributed by atoms with Gasteiger partial charge in [0.1, 0.15) is 0 Å². The summed E-state index contributed by atoms with van der Waals surface area (Å²) in [5, 5.41) is 3.53. The summed E-state index contributed by atoms with van der Waals surface area (Å²) in [6.45, 7) is 3.23. The molecular formula is C18H22N2. The summed E-state index contributed by atoms with van der Waals surface area (Å²) in [6, 6.07) is 22.1. The number of para-hydroxylation sites is 1. The monoisotopic (exact) mass is 266 g/mol. The van der Waals surface area contributed by atoms with Crippen molar-refractivity contribution >= 4 is 5.69 Å². The van der Waals surface area contributed by atoms with E-state index in [1.54, 1.807) is 0 Å². The molecule has 0 aromatic heterocycles. The molecule has 0 bridgehead atoms. The molecule has 0 saturated carbocycles. The van der Waals surface area contributed by atoms with E-state index in [1.165, 1.54) is 24.1 Å². The molecule has 1 fully saturated rings. The summed E-state index contributed by atoms with van der Waals surface area (Å²) in [6.07, 6.45) is 2.54. The van der Waals surface area contributed by atoms with Crippen LogP contribution in [0.1, 0.15) is 18.4 Å². The summed E-state index contributed by atoms with van der Waals surface area (Å²) in [5.74, 6) is 0. The molecule has 1 heterocycles. The molecule has 2 nitrogen and oxygen atoms in total. The molecule has 20 heavy (non-hydrogen) atoms. The molecule has 2 aromatic rings. The van der Waals surface area contributed by atoms with Crippen LogP contribution in [0.5, 0.6) is 0 Å². The fourth-order valence-corrected chi connectivity index (χ4v) is 2.93. The van der Waals surface area contributed by atoms with Gasteiger partial charge in [-0.1, -0.05) is 48.5 Å². The van der Waals surface area contributed by atoms with Gasteiger partial charge in [0.15, 0.2) is 0 Å². The first kappa shape index (κ1) is 13.2. The van der Waals surface area contributed by atoms with Gasteiger partial charge in [-0.15, -0.1) is 0 Å². The van der Waals surface area contributed by atoms with Crippen LogP contribution in [0.25, 0.3) is 0 Å². The molecule has 0 radical (unpaired) electrons. The van der Waals surface area contributed by atoms with Crippen molar-refractivity contribution in [1.82, 2.24) is 5.32 Å². The first-order valence-corrected chi connectivity index (χ1v) is 7.50. The van der Waals surface area contributed by atoms with Gasteiger partial charge in [-0.2, -0.15) is 0 Å². The number of nitrogens with one attached hydrogen (secondary N) is 1. The van der Waals surface area contributed by atoms with E-state index in [2.05, 4.69) is 70.9 Å². The Morgan fingerprint density at radius 2 is 1.65 bits per heavy atom. The Morgan fingerprint density at radius 1 is 0.950 bits per heavy atom. The van der Waals surface area contributed by atoms with Gasteiger partial charge >= 0.3 is 0 Å². The zero-order valence-electron chi connectivity index (χ0n) is 11.8. The molecular weight excluding hydrogens is 244 g/mol.